The molecule has 0 aromatic carbocycles. The predicted octanol–water partition coefficient (Wildman–Crippen LogP) is 2.88. The van der Waals surface area contributed by atoms with Crippen molar-refractivity contribution < 1.29 is 19.8 Å². The maximum Gasteiger partial charge on any atom is 0.328 e. The van der Waals surface area contributed by atoms with Crippen molar-refractivity contribution in [3.63, 3.8) is 0 Å². The summed E-state index contributed by atoms with van der Waals surface area (Å²) in [5.41, 5.74) is 2.33. The summed E-state index contributed by atoms with van der Waals surface area (Å²) in [6.07, 6.45) is 1.12. The Morgan fingerprint density at radius 3 is 1.00 bits per heavy atom. The molecule has 2 N–H and O–H groups in total. The Kier molecular flexibility index (Phi) is 16.2. The third-order valence-corrected chi connectivity index (χ3v) is 0.368. The van der Waals surface area contributed by atoms with Crippen LogP contribution in [-0.4, -0.2) is 22.2 Å². The second-order valence-electron chi connectivity index (χ2n) is 3.42. The number of carboxylic acids is 2. The number of allylic oxidation sites excluding steroid dienone is 2. The summed E-state index contributed by atoms with van der Waals surface area (Å²) >= 11 is 0. The zero-order valence-corrected chi connectivity index (χ0v) is 10.3. The van der Waals surface area contributed by atoms with Crippen LogP contribution < -0.4 is 0 Å². The van der Waals surface area contributed by atoms with E-state index in [1.165, 1.54) is 11.1 Å². The minimum atomic E-state index is -1.26. The molecule has 16 heavy (non-hydrogen) atoms. The lowest BCUT2D eigenvalue weighted by Gasteiger charge is -1.74. The Hall–Kier alpha value is -1.84. The predicted molar refractivity (Wildman–Crippen MR) is 65.4 cm³/mol. The largest absolute Gasteiger partial charge is 0.478 e. The number of rotatable bonds is 2. The molecule has 0 rings (SSSR count). The van der Waals surface area contributed by atoms with Gasteiger partial charge in [-0.2, -0.15) is 0 Å². The van der Waals surface area contributed by atoms with Gasteiger partial charge in [-0.3, -0.25) is 0 Å². The minimum Gasteiger partial charge on any atom is -0.478 e. The molecule has 4 nitrogen and oxygen atoms in total. The lowest BCUT2D eigenvalue weighted by molar-refractivity contribution is -0.134. The van der Waals surface area contributed by atoms with Crippen LogP contribution in [0.2, 0.25) is 0 Å². The van der Waals surface area contributed by atoms with Crippen LogP contribution in [0.5, 0.6) is 0 Å². The van der Waals surface area contributed by atoms with Gasteiger partial charge in [0.05, 0.1) is 0 Å². The second-order valence-corrected chi connectivity index (χ2v) is 3.42. The maximum absolute atomic E-state index is 9.55. The van der Waals surface area contributed by atoms with Gasteiger partial charge in [0.1, 0.15) is 0 Å². The van der Waals surface area contributed by atoms with Crippen molar-refractivity contribution in [1.82, 2.24) is 0 Å². The third kappa shape index (κ3) is 152. The van der Waals surface area contributed by atoms with Crippen LogP contribution in [0.4, 0.5) is 0 Å². The van der Waals surface area contributed by atoms with E-state index in [9.17, 15) is 9.59 Å². The summed E-state index contributed by atoms with van der Waals surface area (Å²) in [4.78, 5) is 19.1. The highest BCUT2D eigenvalue weighted by molar-refractivity contribution is 5.89. The van der Waals surface area contributed by atoms with Crippen molar-refractivity contribution in [3.05, 3.63) is 36.5 Å². The molecule has 0 atom stereocenters. The first kappa shape index (κ1) is 19.7. The van der Waals surface area contributed by atoms with Gasteiger partial charge in [0.25, 0.3) is 0 Å². The van der Waals surface area contributed by atoms with E-state index in [0.717, 1.165) is 0 Å². The molecule has 92 valence electrons. The molecule has 0 aromatic rings. The molecule has 0 aromatic heterocycles. The van der Waals surface area contributed by atoms with Crippen molar-refractivity contribution in [2.75, 3.05) is 0 Å². The number of aliphatic carboxylic acids is 2. The number of carbonyl (C=O) groups is 2. The van der Waals surface area contributed by atoms with Crippen molar-refractivity contribution >= 4 is 11.9 Å². The van der Waals surface area contributed by atoms with Gasteiger partial charge in [-0.05, 0) is 27.7 Å². The van der Waals surface area contributed by atoms with Crippen molar-refractivity contribution in [1.29, 1.82) is 0 Å². The minimum absolute atomic E-state index is 0.558. The van der Waals surface area contributed by atoms with E-state index in [4.69, 9.17) is 10.2 Å². The molecule has 0 spiro atoms. The number of hydrogen-bond donors (Lipinski definition) is 2. The van der Waals surface area contributed by atoms with Gasteiger partial charge < -0.3 is 10.2 Å². The van der Waals surface area contributed by atoms with Gasteiger partial charge >= 0.3 is 11.9 Å². The van der Waals surface area contributed by atoms with Crippen LogP contribution in [0.1, 0.15) is 27.7 Å². The highest BCUT2D eigenvalue weighted by atomic mass is 16.4. The normalized spacial score (nSPS) is 8.00. The van der Waals surface area contributed by atoms with Crippen LogP contribution in [0.15, 0.2) is 36.5 Å². The first-order valence-electron chi connectivity index (χ1n) is 4.47. The lowest BCUT2D eigenvalue weighted by Crippen LogP contribution is -1.91. The Morgan fingerprint density at radius 2 is 0.938 bits per heavy atom. The Balaban J connectivity index is -0.000000179. The summed E-state index contributed by atoms with van der Waals surface area (Å²) in [5.74, 6) is -2.51. The van der Waals surface area contributed by atoms with Crippen molar-refractivity contribution in [3.8, 4) is 0 Å². The topological polar surface area (TPSA) is 74.6 Å². The molecule has 0 fully saturated rings. The molecular weight excluding hydrogens is 208 g/mol. The molecule has 0 unspecified atom stereocenters. The Labute approximate surface area is 96.6 Å². The standard InChI is InChI=1S/C4H4O4.2C4H8/c5-3(6)1-2-4(7)8;2*1-4(2)3/h1-2H,(H,5,6)(H,7,8);2*1H2,2-3H3/b2-1-;;. The van der Waals surface area contributed by atoms with E-state index in [0.29, 0.717) is 12.2 Å². The molecule has 0 aliphatic heterocycles. The first-order valence-corrected chi connectivity index (χ1v) is 4.47. The summed E-state index contributed by atoms with van der Waals surface area (Å²) in [6.45, 7) is 15.0. The molecule has 0 heterocycles. The van der Waals surface area contributed by atoms with Gasteiger partial charge in [-0.25, -0.2) is 9.59 Å². The SMILES string of the molecule is C=C(C)C.C=C(C)C.O=C(O)/C=C\C(=O)O. The van der Waals surface area contributed by atoms with Gasteiger partial charge in [0, 0.05) is 12.2 Å². The molecule has 0 aliphatic rings. The monoisotopic (exact) mass is 228 g/mol. The second kappa shape index (κ2) is 13.2. The van der Waals surface area contributed by atoms with Gasteiger partial charge in [0.15, 0.2) is 0 Å². The fourth-order valence-electron chi connectivity index (χ4n) is 0.143. The molecule has 0 saturated heterocycles. The third-order valence-electron chi connectivity index (χ3n) is 0.368. The molecule has 0 radical (unpaired) electrons. The highest BCUT2D eigenvalue weighted by Crippen LogP contribution is 1.74. The van der Waals surface area contributed by atoms with Crippen molar-refractivity contribution in [2.24, 2.45) is 0 Å². The molecule has 0 aliphatic carbocycles. The zero-order valence-electron chi connectivity index (χ0n) is 10.3. The Morgan fingerprint density at radius 1 is 0.812 bits per heavy atom. The smallest absolute Gasteiger partial charge is 0.328 e. The van der Waals surface area contributed by atoms with E-state index >= 15 is 0 Å². The van der Waals surface area contributed by atoms with E-state index < -0.39 is 11.9 Å². The molecule has 0 saturated carbocycles. The summed E-state index contributed by atoms with van der Waals surface area (Å²) in [7, 11) is 0. The average molecular weight is 228 g/mol. The fourth-order valence-corrected chi connectivity index (χ4v) is 0.143. The summed E-state index contributed by atoms with van der Waals surface area (Å²) in [5, 5.41) is 15.6. The van der Waals surface area contributed by atoms with E-state index in [1.807, 2.05) is 27.7 Å². The van der Waals surface area contributed by atoms with Crippen LogP contribution in [0, 0.1) is 0 Å². The van der Waals surface area contributed by atoms with E-state index in [1.54, 1.807) is 0 Å². The lowest BCUT2D eigenvalue weighted by atomic mass is 10.4. The molecular formula is C12H20O4. The summed E-state index contributed by atoms with van der Waals surface area (Å²) in [6, 6.07) is 0. The first-order chi connectivity index (χ1) is 7.09. The van der Waals surface area contributed by atoms with Gasteiger partial charge in [-0.15, -0.1) is 13.2 Å². The Bertz CT molecular complexity index is 239. The van der Waals surface area contributed by atoms with Gasteiger partial charge in [0.2, 0.25) is 0 Å². The van der Waals surface area contributed by atoms with Crippen molar-refractivity contribution in [2.45, 2.75) is 27.7 Å². The van der Waals surface area contributed by atoms with E-state index in [2.05, 4.69) is 13.2 Å². The van der Waals surface area contributed by atoms with E-state index in [-0.39, 0.29) is 0 Å². The number of hydrogen-bond acceptors (Lipinski definition) is 2. The molecule has 4 heteroatoms. The maximum atomic E-state index is 9.55. The van der Waals surface area contributed by atoms with Crippen LogP contribution in [0.3, 0.4) is 0 Å². The average Bonchev–Trinajstić information content (AvgIpc) is 1.98. The van der Waals surface area contributed by atoms with Crippen LogP contribution >= 0.6 is 0 Å². The van der Waals surface area contributed by atoms with Gasteiger partial charge in [-0.1, -0.05) is 11.1 Å². The quantitative estimate of drug-likeness (QED) is 0.563. The summed E-state index contributed by atoms with van der Waals surface area (Å²) < 4.78 is 0. The molecule has 0 amide bonds. The molecule has 0 bridgehead atoms. The van der Waals surface area contributed by atoms with Crippen LogP contribution in [-0.2, 0) is 9.59 Å². The fraction of sp³-hybridized carbons (Fsp3) is 0.333. The zero-order chi connectivity index (χ0) is 13.7. The van der Waals surface area contributed by atoms with Crippen LogP contribution in [0.25, 0.3) is 0 Å². The number of carboxylic acid groups (broad SMARTS) is 2. The highest BCUT2D eigenvalue weighted by Gasteiger charge is 1.88.